The quantitative estimate of drug-likeness (QED) is 0.713. The Morgan fingerprint density at radius 3 is 2.64 bits per heavy atom. The Morgan fingerprint density at radius 2 is 1.93 bits per heavy atom. The van der Waals surface area contributed by atoms with Crippen LogP contribution < -0.4 is 0 Å². The highest BCUT2D eigenvalue weighted by Crippen LogP contribution is 2.26. The Hall–Kier alpha value is -1.95. The Balaban J connectivity index is 2.27. The molecule has 0 saturated carbocycles. The second-order valence-corrected chi connectivity index (χ2v) is 2.91. The van der Waals surface area contributed by atoms with Gasteiger partial charge in [0.15, 0.2) is 0 Å². The van der Waals surface area contributed by atoms with E-state index in [1.54, 1.807) is 0 Å². The number of nitriles is 1. The molecule has 1 aromatic rings. The van der Waals surface area contributed by atoms with E-state index < -0.39 is 0 Å². The third kappa shape index (κ3) is 1.55. The third-order valence-corrected chi connectivity index (χ3v) is 2.04. The van der Waals surface area contributed by atoms with Gasteiger partial charge in [-0.2, -0.15) is 5.26 Å². The Bertz CT molecular complexity index is 385. The van der Waals surface area contributed by atoms with Crippen molar-refractivity contribution >= 4 is 0 Å². The molecule has 14 heavy (non-hydrogen) atoms. The maximum atomic E-state index is 8.64. The van der Waals surface area contributed by atoms with Crippen LogP contribution >= 0.6 is 0 Å². The summed E-state index contributed by atoms with van der Waals surface area (Å²) in [6, 6.07) is 9.74. The van der Waals surface area contributed by atoms with E-state index in [4.69, 9.17) is 14.7 Å². The number of benzene rings is 1. The van der Waals surface area contributed by atoms with Crippen LogP contribution in [0.3, 0.4) is 0 Å². The van der Waals surface area contributed by atoms with Crippen LogP contribution in [0.15, 0.2) is 36.8 Å². The first-order valence-corrected chi connectivity index (χ1v) is 4.32. The summed E-state index contributed by atoms with van der Waals surface area (Å²) in [4.78, 5) is 0. The van der Waals surface area contributed by atoms with Crippen LogP contribution in [0.5, 0.6) is 0 Å². The smallest absolute Gasteiger partial charge is 0.266 e. The summed E-state index contributed by atoms with van der Waals surface area (Å²) in [7, 11) is 0. The van der Waals surface area contributed by atoms with Crippen molar-refractivity contribution in [2.75, 3.05) is 0 Å². The molecule has 3 heteroatoms. The molecular weight excluding hydrogens is 178 g/mol. The van der Waals surface area contributed by atoms with Crippen LogP contribution in [0.2, 0.25) is 0 Å². The zero-order chi connectivity index (χ0) is 9.80. The number of rotatable bonds is 2. The highest BCUT2D eigenvalue weighted by Gasteiger charge is 2.18. The molecule has 1 aromatic carbocycles. The zero-order valence-corrected chi connectivity index (χ0v) is 7.51. The first kappa shape index (κ1) is 8.64. The van der Waals surface area contributed by atoms with Gasteiger partial charge >= 0.3 is 0 Å². The van der Waals surface area contributed by atoms with Crippen molar-refractivity contribution < 1.29 is 9.47 Å². The number of nitrogens with zero attached hydrogens (tertiary/aromatic N) is 1. The molecule has 0 fully saturated rings. The molecule has 0 spiro atoms. The summed E-state index contributed by atoms with van der Waals surface area (Å²) in [5.41, 5.74) is 1.86. The van der Waals surface area contributed by atoms with Crippen LogP contribution in [0.4, 0.5) is 0 Å². The lowest BCUT2D eigenvalue weighted by Crippen LogP contribution is -2.02. The zero-order valence-electron chi connectivity index (χ0n) is 7.51. The molecule has 0 bridgehead atoms. The second kappa shape index (κ2) is 3.84. The first-order chi connectivity index (χ1) is 6.92. The van der Waals surface area contributed by atoms with Gasteiger partial charge in [-0.15, -0.1) is 0 Å². The van der Waals surface area contributed by atoms with Crippen molar-refractivity contribution in [2.45, 2.75) is 12.7 Å². The number of hydrogen-bond donors (Lipinski definition) is 0. The predicted molar refractivity (Wildman–Crippen MR) is 49.8 cm³/mol. The van der Waals surface area contributed by atoms with Gasteiger partial charge in [-0.1, -0.05) is 24.3 Å². The summed E-state index contributed by atoms with van der Waals surface area (Å²) in [6.07, 6.45) is 3.00. The maximum Gasteiger partial charge on any atom is 0.266 e. The summed E-state index contributed by atoms with van der Waals surface area (Å²) < 4.78 is 10.4. The number of hydrogen-bond acceptors (Lipinski definition) is 3. The van der Waals surface area contributed by atoms with Gasteiger partial charge in [0.2, 0.25) is 0 Å². The van der Waals surface area contributed by atoms with Crippen molar-refractivity contribution in [3.05, 3.63) is 47.9 Å². The minimum atomic E-state index is -0.389. The van der Waals surface area contributed by atoms with E-state index in [9.17, 15) is 0 Å². The van der Waals surface area contributed by atoms with Crippen LogP contribution in [0.1, 0.15) is 17.4 Å². The fourth-order valence-electron chi connectivity index (χ4n) is 1.40. The highest BCUT2D eigenvalue weighted by molar-refractivity contribution is 5.30. The predicted octanol–water partition coefficient (Wildman–Crippen LogP) is 2.27. The van der Waals surface area contributed by atoms with Crippen molar-refractivity contribution in [1.29, 1.82) is 5.26 Å². The van der Waals surface area contributed by atoms with Crippen LogP contribution in [-0.4, -0.2) is 0 Å². The summed E-state index contributed by atoms with van der Waals surface area (Å²) in [5, 5.41) is 8.64. The molecule has 0 amide bonds. The molecule has 1 heterocycles. The molecule has 1 aliphatic rings. The van der Waals surface area contributed by atoms with Crippen molar-refractivity contribution in [1.82, 2.24) is 0 Å². The lowest BCUT2D eigenvalue weighted by Gasteiger charge is -2.13. The summed E-state index contributed by atoms with van der Waals surface area (Å²) in [5.74, 6) is 0. The van der Waals surface area contributed by atoms with Gasteiger partial charge < -0.3 is 9.47 Å². The average molecular weight is 187 g/mol. The minimum absolute atomic E-state index is 0.374. The van der Waals surface area contributed by atoms with E-state index in [-0.39, 0.29) is 6.29 Å². The molecule has 0 N–H and O–H groups in total. The monoisotopic (exact) mass is 187 g/mol. The van der Waals surface area contributed by atoms with Gasteiger partial charge in [0.25, 0.3) is 6.29 Å². The summed E-state index contributed by atoms with van der Waals surface area (Å²) in [6.45, 7) is 0. The minimum Gasteiger partial charge on any atom is -0.455 e. The van der Waals surface area contributed by atoms with E-state index in [2.05, 4.69) is 6.07 Å². The molecule has 1 aliphatic heterocycles. The van der Waals surface area contributed by atoms with Gasteiger partial charge in [-0.05, 0) is 5.56 Å². The molecule has 0 saturated heterocycles. The standard InChI is InChI=1S/C11H9NO2/c12-6-5-9-3-1-2-4-10(9)11-13-7-8-14-11/h1-4,7-8,11H,5H2. The van der Waals surface area contributed by atoms with Crippen molar-refractivity contribution in [2.24, 2.45) is 0 Å². The van der Waals surface area contributed by atoms with Crippen LogP contribution in [0.25, 0.3) is 0 Å². The van der Waals surface area contributed by atoms with Gasteiger partial charge in [0, 0.05) is 5.56 Å². The van der Waals surface area contributed by atoms with E-state index in [0.29, 0.717) is 6.42 Å². The van der Waals surface area contributed by atoms with Gasteiger partial charge in [0.1, 0.15) is 12.5 Å². The fourth-order valence-corrected chi connectivity index (χ4v) is 1.40. The highest BCUT2D eigenvalue weighted by atomic mass is 16.7. The molecule has 0 radical (unpaired) electrons. The van der Waals surface area contributed by atoms with Crippen molar-refractivity contribution in [3.8, 4) is 6.07 Å². The SMILES string of the molecule is N#CCc1ccccc1C1OC=CO1. The van der Waals surface area contributed by atoms with E-state index in [1.165, 1.54) is 12.5 Å². The Morgan fingerprint density at radius 1 is 1.21 bits per heavy atom. The lowest BCUT2D eigenvalue weighted by atomic mass is 10.1. The van der Waals surface area contributed by atoms with Gasteiger partial charge in [-0.25, -0.2) is 0 Å². The molecule has 70 valence electrons. The van der Waals surface area contributed by atoms with E-state index >= 15 is 0 Å². The Kier molecular flexibility index (Phi) is 2.37. The van der Waals surface area contributed by atoms with Crippen LogP contribution in [0, 0.1) is 11.3 Å². The molecule has 2 rings (SSSR count). The molecule has 0 atom stereocenters. The molecule has 0 unspecified atom stereocenters. The molecule has 0 aromatic heterocycles. The second-order valence-electron chi connectivity index (χ2n) is 2.91. The topological polar surface area (TPSA) is 42.2 Å². The molecule has 3 nitrogen and oxygen atoms in total. The normalized spacial score (nSPS) is 14.5. The maximum absolute atomic E-state index is 8.64. The first-order valence-electron chi connectivity index (χ1n) is 4.32. The van der Waals surface area contributed by atoms with Gasteiger partial charge in [0.05, 0.1) is 12.5 Å². The fraction of sp³-hybridized carbons (Fsp3) is 0.182. The summed E-state index contributed by atoms with van der Waals surface area (Å²) >= 11 is 0. The van der Waals surface area contributed by atoms with E-state index in [0.717, 1.165) is 11.1 Å². The van der Waals surface area contributed by atoms with E-state index in [1.807, 2.05) is 24.3 Å². The third-order valence-electron chi connectivity index (χ3n) is 2.04. The average Bonchev–Trinajstić information content (AvgIpc) is 2.72. The molecular formula is C11H9NO2. The van der Waals surface area contributed by atoms with Crippen molar-refractivity contribution in [3.63, 3.8) is 0 Å². The van der Waals surface area contributed by atoms with Crippen LogP contribution in [-0.2, 0) is 15.9 Å². The van der Waals surface area contributed by atoms with Gasteiger partial charge in [-0.3, -0.25) is 0 Å². The largest absolute Gasteiger partial charge is 0.455 e. The molecule has 0 aliphatic carbocycles. The Labute approximate surface area is 82.2 Å². The lowest BCUT2D eigenvalue weighted by molar-refractivity contribution is -0.0251. The number of ether oxygens (including phenoxy) is 2.